The Morgan fingerprint density at radius 1 is 1.10 bits per heavy atom. The lowest BCUT2D eigenvalue weighted by atomic mass is 10.0. The lowest BCUT2D eigenvalue weighted by molar-refractivity contribution is 0.415. The highest BCUT2D eigenvalue weighted by Gasteiger charge is 2.21. The van der Waals surface area contributed by atoms with Crippen LogP contribution in [0.1, 0.15) is 12.8 Å². The fourth-order valence-corrected chi connectivity index (χ4v) is 3.76. The Hall–Kier alpha value is -3.75. The minimum absolute atomic E-state index is 0.338. The second kappa shape index (κ2) is 7.94. The SMILES string of the molecule is COc1ccc(-c2cc(NC3CCN(c4cnccn4)CC3)c3nncn3n2)cc1. The van der Waals surface area contributed by atoms with Crippen LogP contribution < -0.4 is 15.0 Å². The third-order valence-corrected chi connectivity index (χ3v) is 5.38. The van der Waals surface area contributed by atoms with Crippen LogP contribution in [0.25, 0.3) is 16.9 Å². The van der Waals surface area contributed by atoms with Gasteiger partial charge in [-0.05, 0) is 43.2 Å². The van der Waals surface area contributed by atoms with Crippen molar-refractivity contribution in [3.8, 4) is 17.0 Å². The predicted octanol–water partition coefficient (Wildman–Crippen LogP) is 2.67. The highest BCUT2D eigenvalue weighted by atomic mass is 16.5. The Bertz CT molecular complexity index is 1120. The van der Waals surface area contributed by atoms with Gasteiger partial charge in [0.2, 0.25) is 5.65 Å². The molecule has 0 bridgehead atoms. The number of benzene rings is 1. The van der Waals surface area contributed by atoms with Gasteiger partial charge in [0, 0.05) is 37.1 Å². The van der Waals surface area contributed by atoms with E-state index >= 15 is 0 Å². The molecule has 5 rings (SSSR count). The molecule has 4 aromatic rings. The second-order valence-corrected chi connectivity index (χ2v) is 7.24. The molecule has 0 radical (unpaired) electrons. The van der Waals surface area contributed by atoms with Crippen LogP contribution in [0.15, 0.2) is 55.2 Å². The first-order valence-corrected chi connectivity index (χ1v) is 9.93. The molecule has 1 N–H and O–H groups in total. The molecule has 0 spiro atoms. The molecule has 9 heteroatoms. The largest absolute Gasteiger partial charge is 0.497 e. The van der Waals surface area contributed by atoms with E-state index in [0.717, 1.165) is 60.1 Å². The molecule has 1 fully saturated rings. The summed E-state index contributed by atoms with van der Waals surface area (Å²) in [5, 5.41) is 16.6. The van der Waals surface area contributed by atoms with Crippen LogP contribution in [-0.2, 0) is 0 Å². The zero-order valence-corrected chi connectivity index (χ0v) is 16.6. The van der Waals surface area contributed by atoms with E-state index in [1.807, 2.05) is 36.5 Å². The average Bonchev–Trinajstić information content (AvgIpc) is 3.29. The summed E-state index contributed by atoms with van der Waals surface area (Å²) in [6, 6.07) is 10.2. The van der Waals surface area contributed by atoms with Crippen LogP contribution in [0.4, 0.5) is 11.5 Å². The van der Waals surface area contributed by atoms with E-state index in [0.29, 0.717) is 6.04 Å². The van der Waals surface area contributed by atoms with Crippen LogP contribution >= 0.6 is 0 Å². The maximum absolute atomic E-state index is 5.26. The molecule has 1 aliphatic heterocycles. The van der Waals surface area contributed by atoms with E-state index in [9.17, 15) is 0 Å². The van der Waals surface area contributed by atoms with Crippen LogP contribution in [0.5, 0.6) is 5.75 Å². The molecule has 0 atom stereocenters. The first-order chi connectivity index (χ1) is 14.8. The molecule has 0 saturated carbocycles. The molecule has 1 aromatic carbocycles. The van der Waals surface area contributed by atoms with Crippen molar-refractivity contribution in [1.82, 2.24) is 29.8 Å². The zero-order chi connectivity index (χ0) is 20.3. The molecule has 9 nitrogen and oxygen atoms in total. The van der Waals surface area contributed by atoms with E-state index in [4.69, 9.17) is 4.74 Å². The number of anilines is 2. The van der Waals surface area contributed by atoms with Gasteiger partial charge in [-0.25, -0.2) is 4.98 Å². The minimum Gasteiger partial charge on any atom is -0.497 e. The highest BCUT2D eigenvalue weighted by Crippen LogP contribution is 2.27. The quantitative estimate of drug-likeness (QED) is 0.545. The van der Waals surface area contributed by atoms with Crippen molar-refractivity contribution in [3.05, 3.63) is 55.2 Å². The lowest BCUT2D eigenvalue weighted by Crippen LogP contribution is -2.39. The Balaban J connectivity index is 1.36. The Kier molecular flexibility index (Phi) is 4.84. The van der Waals surface area contributed by atoms with Gasteiger partial charge in [-0.1, -0.05) is 0 Å². The minimum atomic E-state index is 0.338. The predicted molar refractivity (Wildman–Crippen MR) is 114 cm³/mol. The van der Waals surface area contributed by atoms with Crippen molar-refractivity contribution in [3.63, 3.8) is 0 Å². The van der Waals surface area contributed by atoms with E-state index in [1.165, 1.54) is 0 Å². The number of methoxy groups -OCH3 is 1. The number of aromatic nitrogens is 6. The molecular formula is C21H22N8O. The van der Waals surface area contributed by atoms with Crippen molar-refractivity contribution in [1.29, 1.82) is 0 Å². The van der Waals surface area contributed by atoms with Gasteiger partial charge < -0.3 is 15.0 Å². The fourth-order valence-electron chi connectivity index (χ4n) is 3.76. The summed E-state index contributed by atoms with van der Waals surface area (Å²) in [5.41, 5.74) is 3.52. The zero-order valence-electron chi connectivity index (χ0n) is 16.6. The van der Waals surface area contributed by atoms with Gasteiger partial charge >= 0.3 is 0 Å². The van der Waals surface area contributed by atoms with E-state index in [2.05, 4.69) is 35.5 Å². The molecule has 3 aromatic heterocycles. The third kappa shape index (κ3) is 3.61. The number of nitrogens with zero attached hydrogens (tertiary/aromatic N) is 7. The first-order valence-electron chi connectivity index (χ1n) is 9.93. The summed E-state index contributed by atoms with van der Waals surface area (Å²) in [6.07, 6.45) is 8.88. The number of nitrogens with one attached hydrogen (secondary N) is 1. The molecule has 1 saturated heterocycles. The number of hydrogen-bond acceptors (Lipinski definition) is 8. The number of fused-ring (bicyclic) bond motifs is 1. The van der Waals surface area contributed by atoms with E-state index < -0.39 is 0 Å². The van der Waals surface area contributed by atoms with Crippen LogP contribution in [0.3, 0.4) is 0 Å². The molecule has 0 amide bonds. The van der Waals surface area contributed by atoms with Crippen LogP contribution in [0.2, 0.25) is 0 Å². The standard InChI is InChI=1S/C21H22N8O/c1-30-17-4-2-15(3-5-17)18-12-19(21-26-24-14-29(21)27-18)25-16-6-10-28(11-7-16)20-13-22-8-9-23-20/h2-5,8-9,12-14,16,25H,6-7,10-11H2,1H3. The van der Waals surface area contributed by atoms with E-state index in [-0.39, 0.29) is 0 Å². The average molecular weight is 402 g/mol. The van der Waals surface area contributed by atoms with Crippen molar-refractivity contribution < 1.29 is 4.74 Å². The van der Waals surface area contributed by atoms with Crippen molar-refractivity contribution >= 4 is 17.2 Å². The summed E-state index contributed by atoms with van der Waals surface area (Å²) in [4.78, 5) is 10.8. The Morgan fingerprint density at radius 2 is 1.93 bits per heavy atom. The maximum Gasteiger partial charge on any atom is 0.200 e. The Morgan fingerprint density at radius 3 is 2.67 bits per heavy atom. The summed E-state index contributed by atoms with van der Waals surface area (Å²) in [7, 11) is 1.66. The summed E-state index contributed by atoms with van der Waals surface area (Å²) in [6.45, 7) is 1.85. The van der Waals surface area contributed by atoms with Crippen LogP contribution in [-0.4, -0.2) is 56.0 Å². The van der Waals surface area contributed by atoms with Crippen molar-refractivity contribution in [2.24, 2.45) is 0 Å². The fraction of sp³-hybridized carbons (Fsp3) is 0.286. The molecule has 0 aliphatic carbocycles. The summed E-state index contributed by atoms with van der Waals surface area (Å²) < 4.78 is 6.98. The number of ether oxygens (including phenoxy) is 1. The summed E-state index contributed by atoms with van der Waals surface area (Å²) >= 11 is 0. The first kappa shape index (κ1) is 18.3. The molecule has 4 heterocycles. The molecule has 0 unspecified atom stereocenters. The van der Waals surface area contributed by atoms with Gasteiger partial charge in [0.15, 0.2) is 0 Å². The van der Waals surface area contributed by atoms with Gasteiger partial charge in [0.1, 0.15) is 17.9 Å². The maximum atomic E-state index is 5.26. The molecule has 30 heavy (non-hydrogen) atoms. The molecule has 1 aliphatic rings. The second-order valence-electron chi connectivity index (χ2n) is 7.24. The Labute approximate surface area is 173 Å². The molecular weight excluding hydrogens is 380 g/mol. The highest BCUT2D eigenvalue weighted by molar-refractivity contribution is 5.73. The summed E-state index contributed by atoms with van der Waals surface area (Å²) in [5.74, 6) is 1.75. The third-order valence-electron chi connectivity index (χ3n) is 5.38. The van der Waals surface area contributed by atoms with Crippen LogP contribution in [0, 0.1) is 0 Å². The lowest BCUT2D eigenvalue weighted by Gasteiger charge is -2.33. The molecule has 152 valence electrons. The number of hydrogen-bond donors (Lipinski definition) is 1. The van der Waals surface area contributed by atoms with Gasteiger partial charge in [0.05, 0.1) is 24.7 Å². The normalized spacial score (nSPS) is 14.8. The van der Waals surface area contributed by atoms with Gasteiger partial charge in [0.25, 0.3) is 0 Å². The monoisotopic (exact) mass is 402 g/mol. The van der Waals surface area contributed by atoms with Gasteiger partial charge in [-0.3, -0.25) is 4.98 Å². The number of rotatable bonds is 5. The van der Waals surface area contributed by atoms with Gasteiger partial charge in [-0.2, -0.15) is 9.61 Å². The van der Waals surface area contributed by atoms with E-state index in [1.54, 1.807) is 30.3 Å². The smallest absolute Gasteiger partial charge is 0.200 e. The van der Waals surface area contributed by atoms with Crippen molar-refractivity contribution in [2.45, 2.75) is 18.9 Å². The van der Waals surface area contributed by atoms with Crippen molar-refractivity contribution in [2.75, 3.05) is 30.4 Å². The van der Waals surface area contributed by atoms with Gasteiger partial charge in [-0.15, -0.1) is 10.2 Å². The number of piperidine rings is 1. The topological polar surface area (TPSA) is 93.4 Å².